The Morgan fingerprint density at radius 2 is 2.33 bits per heavy atom. The second-order valence-electron chi connectivity index (χ2n) is 5.19. The topological polar surface area (TPSA) is 58.4 Å². The first-order chi connectivity index (χ1) is 10.3. The van der Waals surface area contributed by atoms with Crippen molar-refractivity contribution in [3.63, 3.8) is 0 Å². The summed E-state index contributed by atoms with van der Waals surface area (Å²) >= 11 is 1.71. The summed E-state index contributed by atoms with van der Waals surface area (Å²) in [4.78, 5) is 18.4. The molecule has 1 N–H and O–H groups in total. The lowest BCUT2D eigenvalue weighted by atomic mass is 9.98. The quantitative estimate of drug-likeness (QED) is 0.945. The van der Waals surface area contributed by atoms with Crippen LogP contribution < -0.4 is 5.32 Å². The average Bonchev–Trinajstić information content (AvgIpc) is 3.21. The first-order valence-corrected chi connectivity index (χ1v) is 8.15. The maximum absolute atomic E-state index is 12.1. The van der Waals surface area contributed by atoms with E-state index in [0.29, 0.717) is 12.5 Å². The summed E-state index contributed by atoms with van der Waals surface area (Å²) in [5, 5.41) is 6.17. The van der Waals surface area contributed by atoms with Crippen molar-refractivity contribution in [3.05, 3.63) is 40.7 Å². The maximum atomic E-state index is 12.1. The third kappa shape index (κ3) is 3.64. The van der Waals surface area contributed by atoms with Crippen molar-refractivity contribution < 1.29 is 9.21 Å². The van der Waals surface area contributed by atoms with Crippen LogP contribution in [0.3, 0.4) is 0 Å². The van der Waals surface area contributed by atoms with E-state index in [1.165, 1.54) is 5.01 Å². The third-order valence-electron chi connectivity index (χ3n) is 3.81. The molecule has 21 heavy (non-hydrogen) atoms. The SMILES string of the molecule is O=C(NCCc1ccco1)N1CCC(c2nccs2)CC1. The van der Waals surface area contributed by atoms with Crippen molar-refractivity contribution in [2.75, 3.05) is 19.6 Å². The van der Waals surface area contributed by atoms with E-state index in [-0.39, 0.29) is 6.03 Å². The Bertz CT molecular complexity index is 546. The Morgan fingerprint density at radius 1 is 1.48 bits per heavy atom. The molecule has 3 rings (SSSR count). The van der Waals surface area contributed by atoms with Crippen LogP contribution in [0.5, 0.6) is 0 Å². The van der Waals surface area contributed by atoms with Crippen molar-refractivity contribution in [2.24, 2.45) is 0 Å². The van der Waals surface area contributed by atoms with Crippen LogP contribution >= 0.6 is 11.3 Å². The number of carbonyl (C=O) groups is 1. The number of rotatable bonds is 4. The summed E-state index contributed by atoms with van der Waals surface area (Å²) in [6.45, 7) is 2.21. The first kappa shape index (κ1) is 14.1. The van der Waals surface area contributed by atoms with E-state index < -0.39 is 0 Å². The molecule has 0 atom stereocenters. The number of thiazole rings is 1. The fraction of sp³-hybridized carbons (Fsp3) is 0.467. The molecule has 2 aromatic heterocycles. The number of likely N-dealkylation sites (tertiary alicyclic amines) is 1. The summed E-state index contributed by atoms with van der Waals surface area (Å²) in [5.41, 5.74) is 0. The highest BCUT2D eigenvalue weighted by molar-refractivity contribution is 7.09. The van der Waals surface area contributed by atoms with Gasteiger partial charge in [-0.3, -0.25) is 0 Å². The number of nitrogens with zero attached hydrogens (tertiary/aromatic N) is 2. The zero-order valence-corrected chi connectivity index (χ0v) is 12.6. The van der Waals surface area contributed by atoms with Crippen LogP contribution in [0.1, 0.15) is 29.5 Å². The van der Waals surface area contributed by atoms with Gasteiger partial charge in [0.1, 0.15) is 5.76 Å². The van der Waals surface area contributed by atoms with Crippen LogP contribution in [0.4, 0.5) is 4.79 Å². The zero-order chi connectivity index (χ0) is 14.5. The van der Waals surface area contributed by atoms with Crippen LogP contribution in [0, 0.1) is 0 Å². The van der Waals surface area contributed by atoms with Crippen LogP contribution in [0.15, 0.2) is 34.4 Å². The van der Waals surface area contributed by atoms with E-state index in [1.807, 2.05) is 28.6 Å². The summed E-state index contributed by atoms with van der Waals surface area (Å²) in [7, 11) is 0. The summed E-state index contributed by atoms with van der Waals surface area (Å²) in [6.07, 6.45) is 6.24. The number of furan rings is 1. The first-order valence-electron chi connectivity index (χ1n) is 7.27. The smallest absolute Gasteiger partial charge is 0.317 e. The molecule has 2 amide bonds. The monoisotopic (exact) mass is 305 g/mol. The lowest BCUT2D eigenvalue weighted by Gasteiger charge is -2.31. The zero-order valence-electron chi connectivity index (χ0n) is 11.8. The number of nitrogens with one attached hydrogen (secondary N) is 1. The Hall–Kier alpha value is -1.82. The molecule has 1 saturated heterocycles. The van der Waals surface area contributed by atoms with Crippen molar-refractivity contribution in [1.29, 1.82) is 0 Å². The standard InChI is InChI=1S/C15H19N3O2S/c19-15(17-6-3-13-2-1-10-20-13)18-8-4-12(5-9-18)14-16-7-11-21-14/h1-2,7,10-12H,3-6,8-9H2,(H,17,19). The molecule has 112 valence electrons. The molecule has 0 aromatic carbocycles. The Balaban J connectivity index is 1.40. The molecule has 0 aliphatic carbocycles. The number of urea groups is 1. The molecule has 1 aliphatic heterocycles. The summed E-state index contributed by atoms with van der Waals surface area (Å²) in [6, 6.07) is 3.81. The highest BCUT2D eigenvalue weighted by Gasteiger charge is 2.24. The fourth-order valence-electron chi connectivity index (χ4n) is 2.62. The number of aromatic nitrogens is 1. The number of hydrogen-bond acceptors (Lipinski definition) is 4. The molecule has 2 aromatic rings. The van der Waals surface area contributed by atoms with Gasteiger partial charge in [-0.1, -0.05) is 0 Å². The molecule has 1 aliphatic rings. The number of carbonyl (C=O) groups excluding carboxylic acids is 1. The van der Waals surface area contributed by atoms with Gasteiger partial charge in [-0.05, 0) is 25.0 Å². The fourth-order valence-corrected chi connectivity index (χ4v) is 3.44. The number of hydrogen-bond donors (Lipinski definition) is 1. The number of piperidine rings is 1. The predicted molar refractivity (Wildman–Crippen MR) is 81.5 cm³/mol. The maximum Gasteiger partial charge on any atom is 0.317 e. The normalized spacial score (nSPS) is 16.1. The lowest BCUT2D eigenvalue weighted by molar-refractivity contribution is 0.181. The molecule has 5 nitrogen and oxygen atoms in total. The van der Waals surface area contributed by atoms with Crippen LogP contribution in [-0.2, 0) is 6.42 Å². The third-order valence-corrected chi connectivity index (χ3v) is 4.75. The van der Waals surface area contributed by atoms with E-state index in [1.54, 1.807) is 17.6 Å². The highest BCUT2D eigenvalue weighted by Crippen LogP contribution is 2.29. The van der Waals surface area contributed by atoms with Gasteiger partial charge in [0.05, 0.1) is 11.3 Å². The summed E-state index contributed by atoms with van der Waals surface area (Å²) < 4.78 is 5.25. The Morgan fingerprint density at radius 3 is 3.00 bits per heavy atom. The molecule has 0 unspecified atom stereocenters. The van der Waals surface area contributed by atoms with Gasteiger partial charge < -0.3 is 14.6 Å². The van der Waals surface area contributed by atoms with Crippen molar-refractivity contribution >= 4 is 17.4 Å². The van der Waals surface area contributed by atoms with E-state index in [0.717, 1.165) is 38.1 Å². The minimum atomic E-state index is 0.0270. The van der Waals surface area contributed by atoms with Crippen LogP contribution in [-0.4, -0.2) is 35.5 Å². The van der Waals surface area contributed by atoms with E-state index in [9.17, 15) is 4.79 Å². The molecule has 0 spiro atoms. The molecular formula is C15H19N3O2S. The van der Waals surface area contributed by atoms with Crippen LogP contribution in [0.2, 0.25) is 0 Å². The van der Waals surface area contributed by atoms with E-state index in [4.69, 9.17) is 4.42 Å². The van der Waals surface area contributed by atoms with Gasteiger partial charge in [0.25, 0.3) is 0 Å². The largest absolute Gasteiger partial charge is 0.469 e. The van der Waals surface area contributed by atoms with Gasteiger partial charge in [-0.15, -0.1) is 11.3 Å². The van der Waals surface area contributed by atoms with E-state index in [2.05, 4.69) is 10.3 Å². The number of amides is 2. The molecule has 6 heteroatoms. The van der Waals surface area contributed by atoms with Crippen molar-refractivity contribution in [1.82, 2.24) is 15.2 Å². The van der Waals surface area contributed by atoms with Crippen molar-refractivity contribution in [3.8, 4) is 0 Å². The Kier molecular flexibility index (Phi) is 4.55. The minimum Gasteiger partial charge on any atom is -0.469 e. The molecule has 0 saturated carbocycles. The molecule has 0 radical (unpaired) electrons. The van der Waals surface area contributed by atoms with Gasteiger partial charge in [-0.2, -0.15) is 0 Å². The second-order valence-corrected chi connectivity index (χ2v) is 6.12. The van der Waals surface area contributed by atoms with Crippen LogP contribution in [0.25, 0.3) is 0 Å². The average molecular weight is 305 g/mol. The molecular weight excluding hydrogens is 286 g/mol. The second kappa shape index (κ2) is 6.76. The van der Waals surface area contributed by atoms with Gasteiger partial charge in [0.15, 0.2) is 0 Å². The van der Waals surface area contributed by atoms with Gasteiger partial charge in [0.2, 0.25) is 0 Å². The highest BCUT2D eigenvalue weighted by atomic mass is 32.1. The summed E-state index contributed by atoms with van der Waals surface area (Å²) in [5.74, 6) is 1.41. The molecule has 1 fully saturated rings. The van der Waals surface area contributed by atoms with Gasteiger partial charge in [0, 0.05) is 43.5 Å². The minimum absolute atomic E-state index is 0.0270. The molecule has 3 heterocycles. The predicted octanol–water partition coefficient (Wildman–Crippen LogP) is 2.87. The molecule has 0 bridgehead atoms. The van der Waals surface area contributed by atoms with E-state index >= 15 is 0 Å². The van der Waals surface area contributed by atoms with Crippen molar-refractivity contribution in [2.45, 2.75) is 25.2 Å². The lowest BCUT2D eigenvalue weighted by Crippen LogP contribution is -2.44. The van der Waals surface area contributed by atoms with Gasteiger partial charge >= 0.3 is 6.03 Å². The Labute approximate surface area is 128 Å². The van der Waals surface area contributed by atoms with Gasteiger partial charge in [-0.25, -0.2) is 9.78 Å².